The first-order valence-corrected chi connectivity index (χ1v) is 11.5. The Kier molecular flexibility index (Phi) is 5.79. The van der Waals surface area contributed by atoms with Gasteiger partial charge in [-0.1, -0.05) is 19.1 Å². The monoisotopic (exact) mass is 459 g/mol. The average Bonchev–Trinajstić information content (AvgIpc) is 3.44. The van der Waals surface area contributed by atoms with Crippen molar-refractivity contribution in [3.63, 3.8) is 0 Å². The molecule has 34 heavy (non-hydrogen) atoms. The summed E-state index contributed by atoms with van der Waals surface area (Å²) in [5, 5.41) is 16.1. The number of rotatable bonds is 7. The van der Waals surface area contributed by atoms with Gasteiger partial charge in [0.1, 0.15) is 11.6 Å². The quantitative estimate of drug-likeness (QED) is 0.441. The lowest BCUT2D eigenvalue weighted by molar-refractivity contribution is 0.0855. The van der Waals surface area contributed by atoms with Crippen LogP contribution in [0.2, 0.25) is 0 Å². The van der Waals surface area contributed by atoms with Gasteiger partial charge in [0, 0.05) is 37.5 Å². The number of H-pyrrole nitrogens is 1. The number of aromatic nitrogens is 5. The smallest absolute Gasteiger partial charge is 0.255 e. The molecule has 0 bridgehead atoms. The van der Waals surface area contributed by atoms with Crippen LogP contribution in [-0.2, 0) is 19.9 Å². The van der Waals surface area contributed by atoms with Gasteiger partial charge in [0.15, 0.2) is 5.82 Å². The van der Waals surface area contributed by atoms with Crippen molar-refractivity contribution in [3.05, 3.63) is 59.0 Å². The van der Waals surface area contributed by atoms with E-state index in [2.05, 4.69) is 44.6 Å². The van der Waals surface area contributed by atoms with Gasteiger partial charge in [-0.2, -0.15) is 10.2 Å². The van der Waals surface area contributed by atoms with Crippen molar-refractivity contribution in [1.29, 1.82) is 0 Å². The average molecular weight is 460 g/mol. The lowest BCUT2D eigenvalue weighted by Gasteiger charge is -2.36. The fraction of sp³-hybridized carbons (Fsp3) is 0.360. The molecule has 4 aromatic rings. The predicted octanol–water partition coefficient (Wildman–Crippen LogP) is 2.56. The van der Waals surface area contributed by atoms with Gasteiger partial charge in [-0.3, -0.25) is 14.6 Å². The second-order valence-corrected chi connectivity index (χ2v) is 8.85. The van der Waals surface area contributed by atoms with Gasteiger partial charge in [0.25, 0.3) is 5.91 Å². The zero-order chi connectivity index (χ0) is 23.8. The highest BCUT2D eigenvalue weighted by Crippen LogP contribution is 2.27. The number of likely N-dealkylation sites (N-methyl/N-ethyl adjacent to an activating group) is 1. The van der Waals surface area contributed by atoms with Crippen molar-refractivity contribution in [2.75, 3.05) is 27.2 Å². The number of amides is 1. The molecule has 1 saturated heterocycles. The van der Waals surface area contributed by atoms with E-state index in [0.29, 0.717) is 23.6 Å². The molecule has 176 valence electrons. The van der Waals surface area contributed by atoms with Crippen LogP contribution in [0.25, 0.3) is 22.3 Å². The van der Waals surface area contributed by atoms with E-state index in [1.807, 2.05) is 37.1 Å². The van der Waals surface area contributed by atoms with Crippen LogP contribution in [0, 0.1) is 0 Å². The first-order valence-electron chi connectivity index (χ1n) is 11.5. The number of hydrogen-bond acceptors (Lipinski definition) is 6. The molecule has 9 nitrogen and oxygen atoms in total. The molecule has 2 N–H and O–H groups in total. The van der Waals surface area contributed by atoms with Crippen molar-refractivity contribution < 1.29 is 9.53 Å². The standard InChI is InChI=1S/C25H29N7O2/c1-5-18-15(7-9-21-20(18)12-26-29-21)11-23-28-24(30-32(23)3)16-6-8-19(22(10-16)34-4)25(33)27-17-13-31(2)14-17/h6-10,12,17H,5,11,13-14H2,1-4H3,(H,26,29)(H,27,33). The minimum atomic E-state index is -0.127. The minimum absolute atomic E-state index is 0.127. The zero-order valence-electron chi connectivity index (χ0n) is 19.9. The summed E-state index contributed by atoms with van der Waals surface area (Å²) in [5.74, 6) is 1.85. The molecular weight excluding hydrogens is 430 g/mol. The summed E-state index contributed by atoms with van der Waals surface area (Å²) in [6, 6.07) is 9.85. The third-order valence-corrected chi connectivity index (χ3v) is 6.49. The first kappa shape index (κ1) is 22.1. The third-order valence-electron chi connectivity index (χ3n) is 6.49. The third kappa shape index (κ3) is 4.03. The van der Waals surface area contributed by atoms with Gasteiger partial charge >= 0.3 is 0 Å². The number of fused-ring (bicyclic) bond motifs is 1. The summed E-state index contributed by atoms with van der Waals surface area (Å²) in [5.41, 5.74) is 4.84. The van der Waals surface area contributed by atoms with Crippen LogP contribution in [0.5, 0.6) is 5.75 Å². The Labute approximate surface area is 198 Å². The molecule has 0 atom stereocenters. The number of aromatic amines is 1. The van der Waals surface area contributed by atoms with E-state index in [1.165, 1.54) is 11.1 Å². The number of nitrogens with one attached hydrogen (secondary N) is 2. The normalized spacial score (nSPS) is 14.4. The highest BCUT2D eigenvalue weighted by molar-refractivity contribution is 5.97. The van der Waals surface area contributed by atoms with E-state index in [1.54, 1.807) is 13.2 Å². The lowest BCUT2D eigenvalue weighted by atomic mass is 9.98. The Morgan fingerprint density at radius 2 is 2.06 bits per heavy atom. The second-order valence-electron chi connectivity index (χ2n) is 8.85. The SMILES string of the molecule is CCc1c(Cc2nc(-c3ccc(C(=O)NC4CN(C)C4)c(OC)c3)nn2C)ccc2[nH]ncc12. The van der Waals surface area contributed by atoms with Crippen LogP contribution in [0.1, 0.15) is 34.2 Å². The Morgan fingerprint density at radius 1 is 1.24 bits per heavy atom. The summed E-state index contributed by atoms with van der Waals surface area (Å²) in [7, 11) is 5.51. The summed E-state index contributed by atoms with van der Waals surface area (Å²) < 4.78 is 7.35. The number of methoxy groups -OCH3 is 1. The molecule has 0 spiro atoms. The summed E-state index contributed by atoms with van der Waals surface area (Å²) in [6.07, 6.45) is 3.46. The van der Waals surface area contributed by atoms with E-state index in [9.17, 15) is 4.79 Å². The minimum Gasteiger partial charge on any atom is -0.496 e. The molecule has 3 heterocycles. The number of carbonyl (C=O) groups is 1. The first-order chi connectivity index (χ1) is 16.5. The molecule has 0 aliphatic carbocycles. The number of benzene rings is 2. The van der Waals surface area contributed by atoms with Crippen molar-refractivity contribution in [3.8, 4) is 17.1 Å². The van der Waals surface area contributed by atoms with Gasteiger partial charge in [-0.15, -0.1) is 0 Å². The fourth-order valence-corrected chi connectivity index (χ4v) is 4.64. The Bertz CT molecular complexity index is 1350. The molecular formula is C25H29N7O2. The van der Waals surface area contributed by atoms with Crippen LogP contribution >= 0.6 is 0 Å². The maximum Gasteiger partial charge on any atom is 0.255 e. The van der Waals surface area contributed by atoms with Crippen LogP contribution in [0.3, 0.4) is 0 Å². The topological polar surface area (TPSA) is 101 Å². The van der Waals surface area contributed by atoms with Crippen LogP contribution in [-0.4, -0.2) is 69.1 Å². The molecule has 1 fully saturated rings. The highest BCUT2D eigenvalue weighted by Gasteiger charge is 2.26. The largest absolute Gasteiger partial charge is 0.496 e. The number of ether oxygens (including phenoxy) is 1. The zero-order valence-corrected chi connectivity index (χ0v) is 19.9. The number of hydrogen-bond donors (Lipinski definition) is 2. The Balaban J connectivity index is 1.40. The van der Waals surface area contributed by atoms with Crippen molar-refractivity contribution in [1.82, 2.24) is 35.2 Å². The second kappa shape index (κ2) is 8.90. The number of nitrogens with zero attached hydrogens (tertiary/aromatic N) is 5. The number of likely N-dealkylation sites (tertiary alicyclic amines) is 1. The van der Waals surface area contributed by atoms with E-state index < -0.39 is 0 Å². The molecule has 1 amide bonds. The molecule has 9 heteroatoms. The van der Waals surface area contributed by atoms with Crippen LogP contribution in [0.4, 0.5) is 0 Å². The highest BCUT2D eigenvalue weighted by atomic mass is 16.5. The summed E-state index contributed by atoms with van der Waals surface area (Å²) in [4.78, 5) is 19.7. The van der Waals surface area contributed by atoms with Crippen molar-refractivity contribution >= 4 is 16.8 Å². The van der Waals surface area contributed by atoms with Gasteiger partial charge in [-0.25, -0.2) is 4.98 Å². The van der Waals surface area contributed by atoms with E-state index >= 15 is 0 Å². The molecule has 2 aromatic heterocycles. The number of carbonyl (C=O) groups excluding carboxylic acids is 1. The van der Waals surface area contributed by atoms with Crippen LogP contribution in [0.15, 0.2) is 36.5 Å². The fourth-order valence-electron chi connectivity index (χ4n) is 4.64. The van der Waals surface area contributed by atoms with Gasteiger partial charge in [0.2, 0.25) is 0 Å². The van der Waals surface area contributed by atoms with E-state index in [0.717, 1.165) is 41.8 Å². The van der Waals surface area contributed by atoms with Crippen molar-refractivity contribution in [2.45, 2.75) is 25.8 Å². The maximum atomic E-state index is 12.7. The summed E-state index contributed by atoms with van der Waals surface area (Å²) >= 11 is 0. The van der Waals surface area contributed by atoms with Gasteiger partial charge in [0.05, 0.1) is 30.4 Å². The maximum absolute atomic E-state index is 12.7. The van der Waals surface area contributed by atoms with Gasteiger partial charge < -0.3 is 15.0 Å². The molecule has 1 aliphatic rings. The molecule has 0 saturated carbocycles. The predicted molar refractivity (Wildman–Crippen MR) is 130 cm³/mol. The molecule has 0 radical (unpaired) electrons. The van der Waals surface area contributed by atoms with Gasteiger partial charge in [-0.05, 0) is 42.8 Å². The van der Waals surface area contributed by atoms with E-state index in [4.69, 9.17) is 9.72 Å². The Morgan fingerprint density at radius 3 is 2.79 bits per heavy atom. The number of aryl methyl sites for hydroxylation is 2. The molecule has 2 aromatic carbocycles. The van der Waals surface area contributed by atoms with E-state index in [-0.39, 0.29) is 11.9 Å². The van der Waals surface area contributed by atoms with Crippen LogP contribution < -0.4 is 10.1 Å². The molecule has 1 aliphatic heterocycles. The summed E-state index contributed by atoms with van der Waals surface area (Å²) in [6.45, 7) is 3.88. The lowest BCUT2D eigenvalue weighted by Crippen LogP contribution is -2.57. The van der Waals surface area contributed by atoms with Crippen molar-refractivity contribution in [2.24, 2.45) is 7.05 Å². The Hall–Kier alpha value is -3.72. The molecule has 5 rings (SSSR count). The molecule has 0 unspecified atom stereocenters.